The quantitative estimate of drug-likeness (QED) is 0.834. The summed E-state index contributed by atoms with van der Waals surface area (Å²) in [4.78, 5) is 15.7. The summed E-state index contributed by atoms with van der Waals surface area (Å²) in [6.07, 6.45) is 1.75. The van der Waals surface area contributed by atoms with Crippen LogP contribution < -0.4 is 5.32 Å². The number of rotatable bonds is 3. The molecule has 0 aliphatic rings. The number of thiazole rings is 1. The van der Waals surface area contributed by atoms with Crippen LogP contribution in [-0.2, 0) is 10.3 Å². The van der Waals surface area contributed by atoms with Gasteiger partial charge in [0.25, 0.3) is 0 Å². The highest BCUT2D eigenvalue weighted by molar-refractivity contribution is 7.09. The average Bonchev–Trinajstić information content (AvgIpc) is 2.54. The second kappa shape index (κ2) is 4.09. The topological polar surface area (TPSA) is 42.0 Å². The van der Waals surface area contributed by atoms with Crippen molar-refractivity contribution in [2.24, 2.45) is 5.92 Å². The van der Waals surface area contributed by atoms with Crippen molar-refractivity contribution in [2.45, 2.75) is 33.2 Å². The highest BCUT2D eigenvalue weighted by Gasteiger charge is 2.26. The van der Waals surface area contributed by atoms with Crippen LogP contribution in [0.3, 0.4) is 0 Å². The number of hydrogen-bond donors (Lipinski definition) is 1. The van der Waals surface area contributed by atoms with Gasteiger partial charge in [-0.25, -0.2) is 4.98 Å². The van der Waals surface area contributed by atoms with Crippen molar-refractivity contribution in [2.75, 3.05) is 0 Å². The molecule has 1 amide bonds. The van der Waals surface area contributed by atoms with Crippen molar-refractivity contribution in [3.05, 3.63) is 16.6 Å². The summed E-state index contributed by atoms with van der Waals surface area (Å²) in [5, 5.41) is 5.82. The minimum atomic E-state index is -0.366. The lowest BCUT2D eigenvalue weighted by atomic mass is 10.1. The molecular weight excluding hydrogens is 196 g/mol. The Morgan fingerprint density at radius 1 is 1.57 bits per heavy atom. The zero-order valence-electron chi connectivity index (χ0n) is 9.00. The van der Waals surface area contributed by atoms with E-state index in [1.54, 1.807) is 17.5 Å². The van der Waals surface area contributed by atoms with Crippen LogP contribution in [-0.4, -0.2) is 10.9 Å². The molecule has 0 saturated heterocycles. The number of nitrogens with one attached hydrogen (secondary N) is 1. The Morgan fingerprint density at radius 2 is 2.21 bits per heavy atom. The molecule has 0 atom stereocenters. The number of carbonyl (C=O) groups excluding carboxylic acids is 1. The van der Waals surface area contributed by atoms with Crippen molar-refractivity contribution in [1.82, 2.24) is 10.3 Å². The third-order valence-electron chi connectivity index (χ3n) is 1.93. The van der Waals surface area contributed by atoms with Gasteiger partial charge >= 0.3 is 0 Å². The minimum Gasteiger partial charge on any atom is -0.344 e. The van der Waals surface area contributed by atoms with Crippen molar-refractivity contribution in [1.29, 1.82) is 0 Å². The molecule has 0 saturated carbocycles. The Kier molecular flexibility index (Phi) is 3.26. The van der Waals surface area contributed by atoms with E-state index < -0.39 is 0 Å². The fourth-order valence-corrected chi connectivity index (χ4v) is 1.76. The summed E-state index contributed by atoms with van der Waals surface area (Å²) in [6.45, 7) is 7.69. The second-order valence-corrected chi connectivity index (χ2v) is 5.00. The molecule has 3 nitrogen and oxygen atoms in total. The lowest BCUT2D eigenvalue weighted by Crippen LogP contribution is -2.42. The van der Waals surface area contributed by atoms with Crippen molar-refractivity contribution in [3.8, 4) is 0 Å². The van der Waals surface area contributed by atoms with Gasteiger partial charge in [0.15, 0.2) is 0 Å². The summed E-state index contributed by atoms with van der Waals surface area (Å²) in [5.41, 5.74) is -0.366. The lowest BCUT2D eigenvalue weighted by Gasteiger charge is -2.24. The number of aromatic nitrogens is 1. The van der Waals surface area contributed by atoms with Crippen molar-refractivity contribution in [3.63, 3.8) is 0 Å². The van der Waals surface area contributed by atoms with Crippen LogP contribution in [0.2, 0.25) is 0 Å². The van der Waals surface area contributed by atoms with Crippen LogP contribution in [0, 0.1) is 5.92 Å². The smallest absolute Gasteiger partial charge is 0.223 e. The Bertz CT molecular complexity index is 304. The summed E-state index contributed by atoms with van der Waals surface area (Å²) in [7, 11) is 0. The first-order valence-corrected chi connectivity index (χ1v) is 5.53. The molecule has 0 aliphatic carbocycles. The molecule has 4 heteroatoms. The van der Waals surface area contributed by atoms with Gasteiger partial charge in [-0.2, -0.15) is 0 Å². The standard InChI is InChI=1S/C10H16N2OS/c1-7(2)8(13)12-10(3,4)9-11-5-6-14-9/h5-7H,1-4H3,(H,12,13). The molecule has 0 unspecified atom stereocenters. The van der Waals surface area contributed by atoms with Crippen LogP contribution in [0.1, 0.15) is 32.7 Å². The van der Waals surface area contributed by atoms with Crippen LogP contribution in [0.25, 0.3) is 0 Å². The minimum absolute atomic E-state index is 0.00855. The van der Waals surface area contributed by atoms with E-state index in [1.807, 2.05) is 33.1 Å². The van der Waals surface area contributed by atoms with Gasteiger partial charge in [-0.1, -0.05) is 13.8 Å². The van der Waals surface area contributed by atoms with E-state index in [0.717, 1.165) is 5.01 Å². The van der Waals surface area contributed by atoms with Gasteiger partial charge in [0.1, 0.15) is 5.01 Å². The first-order chi connectivity index (χ1) is 6.43. The van der Waals surface area contributed by atoms with E-state index in [9.17, 15) is 4.79 Å². The van der Waals surface area contributed by atoms with Crippen molar-refractivity contribution < 1.29 is 4.79 Å². The van der Waals surface area contributed by atoms with Gasteiger partial charge in [-0.05, 0) is 13.8 Å². The predicted molar refractivity (Wildman–Crippen MR) is 58.1 cm³/mol. The molecule has 0 radical (unpaired) electrons. The largest absolute Gasteiger partial charge is 0.344 e. The molecular formula is C10H16N2OS. The van der Waals surface area contributed by atoms with E-state index in [0.29, 0.717) is 0 Å². The summed E-state index contributed by atoms with van der Waals surface area (Å²) < 4.78 is 0. The van der Waals surface area contributed by atoms with Crippen LogP contribution in [0.5, 0.6) is 0 Å². The van der Waals surface area contributed by atoms with E-state index in [2.05, 4.69) is 10.3 Å². The normalized spacial score (nSPS) is 11.8. The maximum Gasteiger partial charge on any atom is 0.223 e. The summed E-state index contributed by atoms with van der Waals surface area (Å²) in [5.74, 6) is 0.0689. The molecule has 14 heavy (non-hydrogen) atoms. The van der Waals surface area contributed by atoms with E-state index in [1.165, 1.54) is 0 Å². The highest BCUT2D eigenvalue weighted by atomic mass is 32.1. The zero-order valence-corrected chi connectivity index (χ0v) is 9.81. The Balaban J connectivity index is 2.72. The number of hydrogen-bond acceptors (Lipinski definition) is 3. The third-order valence-corrected chi connectivity index (χ3v) is 3.02. The SMILES string of the molecule is CC(C)C(=O)NC(C)(C)c1nccs1. The van der Waals surface area contributed by atoms with Crippen LogP contribution in [0.4, 0.5) is 0 Å². The first-order valence-electron chi connectivity index (χ1n) is 4.65. The van der Waals surface area contributed by atoms with E-state index >= 15 is 0 Å². The van der Waals surface area contributed by atoms with Crippen molar-refractivity contribution >= 4 is 17.2 Å². The maximum atomic E-state index is 11.5. The molecule has 0 fully saturated rings. The Hall–Kier alpha value is -0.900. The molecule has 1 heterocycles. The monoisotopic (exact) mass is 212 g/mol. The highest BCUT2D eigenvalue weighted by Crippen LogP contribution is 2.22. The van der Waals surface area contributed by atoms with Gasteiger partial charge in [0, 0.05) is 17.5 Å². The van der Waals surface area contributed by atoms with Crippen LogP contribution >= 0.6 is 11.3 Å². The zero-order chi connectivity index (χ0) is 10.8. The number of carbonyl (C=O) groups is 1. The number of nitrogens with zero attached hydrogens (tertiary/aromatic N) is 1. The van der Waals surface area contributed by atoms with Gasteiger partial charge in [0.05, 0.1) is 5.54 Å². The van der Waals surface area contributed by atoms with E-state index in [-0.39, 0.29) is 17.4 Å². The van der Waals surface area contributed by atoms with Gasteiger partial charge < -0.3 is 5.32 Å². The molecule has 1 aromatic heterocycles. The summed E-state index contributed by atoms with van der Waals surface area (Å²) >= 11 is 1.56. The first kappa shape index (κ1) is 11.2. The Morgan fingerprint density at radius 3 is 2.64 bits per heavy atom. The predicted octanol–water partition coefficient (Wildman–Crippen LogP) is 2.15. The lowest BCUT2D eigenvalue weighted by molar-refractivity contribution is -0.125. The molecule has 0 aromatic carbocycles. The van der Waals surface area contributed by atoms with E-state index in [4.69, 9.17) is 0 Å². The summed E-state index contributed by atoms with van der Waals surface area (Å²) in [6, 6.07) is 0. The Labute approximate surface area is 88.6 Å². The molecule has 0 bridgehead atoms. The molecule has 1 aromatic rings. The van der Waals surface area contributed by atoms with Gasteiger partial charge in [-0.3, -0.25) is 4.79 Å². The van der Waals surface area contributed by atoms with Gasteiger partial charge in [0.2, 0.25) is 5.91 Å². The fraction of sp³-hybridized carbons (Fsp3) is 0.600. The molecule has 0 spiro atoms. The third kappa shape index (κ3) is 2.54. The van der Waals surface area contributed by atoms with Gasteiger partial charge in [-0.15, -0.1) is 11.3 Å². The maximum absolute atomic E-state index is 11.5. The van der Waals surface area contributed by atoms with Crippen LogP contribution in [0.15, 0.2) is 11.6 Å². The fourth-order valence-electron chi connectivity index (χ4n) is 1.04. The molecule has 1 rings (SSSR count). The molecule has 0 aliphatic heterocycles. The average molecular weight is 212 g/mol. The molecule has 78 valence electrons. The molecule has 1 N–H and O–H groups in total. The number of amides is 1. The second-order valence-electron chi connectivity index (χ2n) is 4.11.